The molecule has 0 unspecified atom stereocenters. The Morgan fingerprint density at radius 1 is 1.62 bits per heavy atom. The van der Waals surface area contributed by atoms with E-state index in [1.807, 2.05) is 0 Å². The molecule has 0 fully saturated rings. The van der Waals surface area contributed by atoms with Crippen molar-refractivity contribution in [1.29, 1.82) is 0 Å². The number of aromatic amines is 1. The molecular formula is C9H11ClN4OS. The highest BCUT2D eigenvalue weighted by Gasteiger charge is 2.06. The number of H-pyrrole nitrogens is 1. The van der Waals surface area contributed by atoms with Crippen molar-refractivity contribution < 1.29 is 0 Å². The Kier molecular flexibility index (Phi) is 3.50. The molecule has 0 amide bonds. The third-order valence-electron chi connectivity index (χ3n) is 2.07. The van der Waals surface area contributed by atoms with Gasteiger partial charge in [-0.1, -0.05) is 0 Å². The molecule has 0 spiro atoms. The van der Waals surface area contributed by atoms with Crippen LogP contribution in [-0.4, -0.2) is 31.2 Å². The number of thioether (sulfide) groups is 1. The predicted molar refractivity (Wildman–Crippen MR) is 64.4 cm³/mol. The second-order valence-corrected chi connectivity index (χ2v) is 4.75. The molecule has 0 aromatic carbocycles. The molecule has 1 N–H and O–H groups in total. The maximum Gasteiger partial charge on any atom is 0.349 e. The molecule has 16 heavy (non-hydrogen) atoms. The quantitative estimate of drug-likeness (QED) is 0.390. The molecule has 0 bridgehead atoms. The normalized spacial score (nSPS) is 11.1. The van der Waals surface area contributed by atoms with Crippen molar-refractivity contribution >= 4 is 29.0 Å². The van der Waals surface area contributed by atoms with Crippen LogP contribution in [0.3, 0.4) is 0 Å². The minimum atomic E-state index is -0.252. The number of rotatable bonds is 4. The molecule has 7 heteroatoms. The van der Waals surface area contributed by atoms with Crippen molar-refractivity contribution in [1.82, 2.24) is 19.6 Å². The monoisotopic (exact) mass is 258 g/mol. The number of hydrogen-bond donors (Lipinski definition) is 1. The summed E-state index contributed by atoms with van der Waals surface area (Å²) in [4.78, 5) is 15.7. The van der Waals surface area contributed by atoms with Crippen molar-refractivity contribution in [2.24, 2.45) is 0 Å². The summed E-state index contributed by atoms with van der Waals surface area (Å²) < 4.78 is 1.45. The van der Waals surface area contributed by atoms with Gasteiger partial charge in [-0.05, 0) is 13.3 Å². The Bertz CT molecular complexity index is 550. The van der Waals surface area contributed by atoms with Gasteiger partial charge in [0.25, 0.3) is 0 Å². The maximum atomic E-state index is 11.4. The number of aryl methyl sites for hydroxylation is 1. The molecule has 2 heterocycles. The number of fused-ring (bicyclic) bond motifs is 1. The van der Waals surface area contributed by atoms with Crippen LogP contribution in [0.1, 0.15) is 12.2 Å². The molecule has 0 aliphatic rings. The van der Waals surface area contributed by atoms with Crippen LogP contribution in [0.2, 0.25) is 0 Å². The van der Waals surface area contributed by atoms with E-state index in [1.54, 1.807) is 24.8 Å². The fourth-order valence-corrected chi connectivity index (χ4v) is 2.55. The molecule has 0 aliphatic heterocycles. The molecule has 5 nitrogen and oxygen atoms in total. The van der Waals surface area contributed by atoms with E-state index < -0.39 is 0 Å². The maximum absolute atomic E-state index is 11.4. The van der Waals surface area contributed by atoms with Crippen molar-refractivity contribution in [3.05, 3.63) is 22.4 Å². The summed E-state index contributed by atoms with van der Waals surface area (Å²) in [7, 11) is 0. The smallest absolute Gasteiger partial charge is 0.246 e. The first-order chi connectivity index (χ1) is 7.72. The minimum absolute atomic E-state index is 0.252. The highest BCUT2D eigenvalue weighted by atomic mass is 35.5. The number of halogens is 1. The van der Waals surface area contributed by atoms with Crippen molar-refractivity contribution in [3.63, 3.8) is 0 Å². The molecule has 2 aromatic heterocycles. The first-order valence-corrected chi connectivity index (χ1v) is 6.38. The van der Waals surface area contributed by atoms with Gasteiger partial charge in [0.05, 0.1) is 0 Å². The van der Waals surface area contributed by atoms with Crippen LogP contribution in [0, 0.1) is 6.92 Å². The van der Waals surface area contributed by atoms with Crippen LogP contribution in [0.25, 0.3) is 5.65 Å². The van der Waals surface area contributed by atoms with Crippen LogP contribution in [0.4, 0.5) is 0 Å². The fraction of sp³-hybridized carbons (Fsp3) is 0.444. The summed E-state index contributed by atoms with van der Waals surface area (Å²) in [5, 5.41) is 7.18. The highest BCUT2D eigenvalue weighted by Crippen LogP contribution is 2.17. The van der Waals surface area contributed by atoms with Crippen molar-refractivity contribution in [2.75, 3.05) is 11.6 Å². The van der Waals surface area contributed by atoms with Gasteiger partial charge < -0.3 is 0 Å². The lowest BCUT2D eigenvalue weighted by molar-refractivity contribution is 0.895. The van der Waals surface area contributed by atoms with Crippen LogP contribution in [-0.2, 0) is 0 Å². The van der Waals surface area contributed by atoms with Crippen LogP contribution in [0.5, 0.6) is 0 Å². The summed E-state index contributed by atoms with van der Waals surface area (Å²) in [6.07, 6.45) is 0.936. The summed E-state index contributed by atoms with van der Waals surface area (Å²) >= 11 is 7.22. The summed E-state index contributed by atoms with van der Waals surface area (Å²) in [6, 6.07) is 1.80. The summed E-state index contributed by atoms with van der Waals surface area (Å²) in [5.41, 5.74) is 0.350. The Hall–Kier alpha value is -1.01. The van der Waals surface area contributed by atoms with Crippen molar-refractivity contribution in [3.8, 4) is 0 Å². The van der Waals surface area contributed by atoms with Gasteiger partial charge in [0.15, 0.2) is 5.65 Å². The molecular weight excluding hydrogens is 248 g/mol. The minimum Gasteiger partial charge on any atom is -0.246 e. The number of aromatic nitrogens is 4. The standard InChI is InChI=1S/C9H11ClN4OS/c1-6-11-8(16-4-2-3-10)5-7-12-13-9(15)14(6)7/h5H,2-4H2,1H3,(H,13,15). The molecule has 86 valence electrons. The zero-order valence-electron chi connectivity index (χ0n) is 8.73. The molecule has 2 rings (SSSR count). The molecule has 0 saturated heterocycles. The van der Waals surface area contributed by atoms with Gasteiger partial charge >= 0.3 is 5.69 Å². The van der Waals surface area contributed by atoms with E-state index in [0.717, 1.165) is 17.2 Å². The van der Waals surface area contributed by atoms with Crippen molar-refractivity contribution in [2.45, 2.75) is 18.4 Å². The largest absolute Gasteiger partial charge is 0.349 e. The third-order valence-corrected chi connectivity index (χ3v) is 3.34. The zero-order valence-corrected chi connectivity index (χ0v) is 10.3. The second kappa shape index (κ2) is 4.88. The third kappa shape index (κ3) is 2.22. The van der Waals surface area contributed by atoms with Gasteiger partial charge in [0, 0.05) is 17.7 Å². The van der Waals surface area contributed by atoms with Crippen LogP contribution in [0.15, 0.2) is 15.9 Å². The summed E-state index contributed by atoms with van der Waals surface area (Å²) in [5.74, 6) is 2.21. The number of hydrogen-bond acceptors (Lipinski definition) is 4. The van der Waals surface area contributed by atoms with Crippen LogP contribution < -0.4 is 5.69 Å². The number of alkyl halides is 1. The van der Waals surface area contributed by atoms with E-state index in [9.17, 15) is 4.79 Å². The Balaban J connectivity index is 2.32. The summed E-state index contributed by atoms with van der Waals surface area (Å²) in [6.45, 7) is 1.79. The lowest BCUT2D eigenvalue weighted by Gasteiger charge is -2.02. The second-order valence-electron chi connectivity index (χ2n) is 3.25. The average molecular weight is 259 g/mol. The number of nitrogens with one attached hydrogen (secondary N) is 1. The molecule has 0 aliphatic carbocycles. The first-order valence-electron chi connectivity index (χ1n) is 4.86. The molecule has 0 saturated carbocycles. The van der Waals surface area contributed by atoms with Crippen LogP contribution >= 0.6 is 23.4 Å². The lowest BCUT2D eigenvalue weighted by atomic mass is 10.5. The van der Waals surface area contributed by atoms with E-state index in [-0.39, 0.29) is 5.69 Å². The van der Waals surface area contributed by atoms with E-state index in [4.69, 9.17) is 11.6 Å². The van der Waals surface area contributed by atoms with E-state index in [1.165, 1.54) is 4.40 Å². The van der Waals surface area contributed by atoms with E-state index >= 15 is 0 Å². The number of nitrogens with zero attached hydrogens (tertiary/aromatic N) is 3. The average Bonchev–Trinajstić information content (AvgIpc) is 2.61. The van der Waals surface area contributed by atoms with Gasteiger partial charge in [-0.2, -0.15) is 5.10 Å². The topological polar surface area (TPSA) is 63.0 Å². The Morgan fingerprint density at radius 2 is 2.44 bits per heavy atom. The van der Waals surface area contributed by atoms with Gasteiger partial charge in [-0.15, -0.1) is 23.4 Å². The highest BCUT2D eigenvalue weighted by molar-refractivity contribution is 7.99. The van der Waals surface area contributed by atoms with Gasteiger partial charge in [-0.3, -0.25) is 0 Å². The van der Waals surface area contributed by atoms with E-state index in [0.29, 0.717) is 17.4 Å². The van der Waals surface area contributed by atoms with Gasteiger partial charge in [0.1, 0.15) is 10.9 Å². The predicted octanol–water partition coefficient (Wildman–Crippen LogP) is 1.45. The first kappa shape index (κ1) is 11.5. The van der Waals surface area contributed by atoms with Gasteiger partial charge in [0.2, 0.25) is 0 Å². The Morgan fingerprint density at radius 3 is 3.19 bits per heavy atom. The zero-order chi connectivity index (χ0) is 11.5. The SMILES string of the molecule is Cc1nc(SCCCCl)cc2n[nH]c(=O)n12. The van der Waals surface area contributed by atoms with E-state index in [2.05, 4.69) is 15.2 Å². The van der Waals surface area contributed by atoms with Gasteiger partial charge in [-0.25, -0.2) is 19.3 Å². The Labute approximate surface area is 101 Å². The molecule has 0 atom stereocenters. The molecule has 0 radical (unpaired) electrons. The fourth-order valence-electron chi connectivity index (χ4n) is 1.38. The molecule has 2 aromatic rings. The lowest BCUT2D eigenvalue weighted by Crippen LogP contribution is -2.13.